The Morgan fingerprint density at radius 2 is 2.17 bits per heavy atom. The Hall–Kier alpha value is -0.880. The van der Waals surface area contributed by atoms with E-state index in [0.29, 0.717) is 37.0 Å². The Kier molecular flexibility index (Phi) is 6.97. The van der Waals surface area contributed by atoms with E-state index in [1.165, 1.54) is 0 Å². The van der Waals surface area contributed by atoms with Gasteiger partial charge in [-0.1, -0.05) is 29.9 Å². The normalized spacial score (nSPS) is 10.3. The number of methoxy groups -OCH3 is 1. The van der Waals surface area contributed by atoms with Gasteiger partial charge in [0.2, 0.25) is 0 Å². The summed E-state index contributed by atoms with van der Waals surface area (Å²) in [5, 5.41) is 3.74. The van der Waals surface area contributed by atoms with E-state index in [1.807, 2.05) is 12.1 Å². The quantitative estimate of drug-likeness (QED) is 0.566. The van der Waals surface area contributed by atoms with Crippen LogP contribution < -0.4 is 11.1 Å². The number of rotatable bonds is 8. The van der Waals surface area contributed by atoms with E-state index in [9.17, 15) is 0 Å². The van der Waals surface area contributed by atoms with Gasteiger partial charge < -0.3 is 20.5 Å². The van der Waals surface area contributed by atoms with Gasteiger partial charge in [0.1, 0.15) is 4.99 Å². The first-order chi connectivity index (χ1) is 8.66. The minimum atomic E-state index is 0.281. The molecule has 0 saturated carbocycles. The average Bonchev–Trinajstić information content (AvgIpc) is 2.33. The van der Waals surface area contributed by atoms with Crippen LogP contribution in [0.3, 0.4) is 0 Å². The molecule has 3 N–H and O–H groups in total. The number of hydrogen-bond donors (Lipinski definition) is 2. The molecule has 0 aliphatic carbocycles. The van der Waals surface area contributed by atoms with Crippen molar-refractivity contribution in [1.29, 1.82) is 0 Å². The number of nitrogens with two attached hydrogens (primary N) is 1. The van der Waals surface area contributed by atoms with Gasteiger partial charge >= 0.3 is 0 Å². The molecular formula is C12H17ClN2O2S. The van der Waals surface area contributed by atoms with Crippen molar-refractivity contribution < 1.29 is 9.47 Å². The van der Waals surface area contributed by atoms with Gasteiger partial charge in [0.15, 0.2) is 0 Å². The van der Waals surface area contributed by atoms with Crippen LogP contribution in [0.4, 0.5) is 5.69 Å². The van der Waals surface area contributed by atoms with Gasteiger partial charge in [-0.15, -0.1) is 0 Å². The van der Waals surface area contributed by atoms with Crippen molar-refractivity contribution in [2.24, 2.45) is 5.73 Å². The SMILES string of the molecule is COCCOCCNc1cccc(Cl)c1C(N)=S. The molecule has 0 radical (unpaired) electrons. The molecule has 100 valence electrons. The highest BCUT2D eigenvalue weighted by molar-refractivity contribution is 7.80. The lowest BCUT2D eigenvalue weighted by Crippen LogP contribution is -2.17. The Bertz CT molecular complexity index is 402. The first-order valence-electron chi connectivity index (χ1n) is 5.55. The predicted molar refractivity (Wildman–Crippen MR) is 78.5 cm³/mol. The first kappa shape index (κ1) is 15.2. The van der Waals surface area contributed by atoms with Crippen LogP contribution in [0.2, 0.25) is 5.02 Å². The molecule has 18 heavy (non-hydrogen) atoms. The third kappa shape index (κ3) is 4.78. The molecule has 0 aliphatic heterocycles. The summed E-state index contributed by atoms with van der Waals surface area (Å²) >= 11 is 11.0. The monoisotopic (exact) mass is 288 g/mol. The third-order valence-electron chi connectivity index (χ3n) is 2.25. The molecule has 0 spiro atoms. The van der Waals surface area contributed by atoms with Crippen molar-refractivity contribution in [2.75, 3.05) is 38.8 Å². The van der Waals surface area contributed by atoms with E-state index in [2.05, 4.69) is 5.32 Å². The van der Waals surface area contributed by atoms with Crippen LogP contribution in [0.15, 0.2) is 18.2 Å². The Morgan fingerprint density at radius 1 is 1.39 bits per heavy atom. The lowest BCUT2D eigenvalue weighted by Gasteiger charge is -2.12. The lowest BCUT2D eigenvalue weighted by atomic mass is 10.1. The molecule has 6 heteroatoms. The average molecular weight is 289 g/mol. The maximum absolute atomic E-state index is 6.05. The number of anilines is 1. The Morgan fingerprint density at radius 3 is 2.83 bits per heavy atom. The molecule has 1 aromatic carbocycles. The van der Waals surface area contributed by atoms with Crippen LogP contribution >= 0.6 is 23.8 Å². The van der Waals surface area contributed by atoms with Crippen molar-refractivity contribution in [3.63, 3.8) is 0 Å². The lowest BCUT2D eigenvalue weighted by molar-refractivity contribution is 0.0759. The maximum Gasteiger partial charge on any atom is 0.107 e. The second kappa shape index (κ2) is 8.26. The summed E-state index contributed by atoms with van der Waals surface area (Å²) < 4.78 is 10.2. The summed E-state index contributed by atoms with van der Waals surface area (Å²) in [6.07, 6.45) is 0. The summed E-state index contributed by atoms with van der Waals surface area (Å²) in [6.45, 7) is 2.40. The van der Waals surface area contributed by atoms with Gasteiger partial charge in [0.05, 0.1) is 30.4 Å². The smallest absolute Gasteiger partial charge is 0.107 e. The van der Waals surface area contributed by atoms with E-state index < -0.39 is 0 Å². The second-order valence-corrected chi connectivity index (χ2v) is 4.41. The zero-order chi connectivity index (χ0) is 13.4. The highest BCUT2D eigenvalue weighted by Gasteiger charge is 2.08. The van der Waals surface area contributed by atoms with Gasteiger partial charge in [-0.05, 0) is 12.1 Å². The molecule has 1 aromatic rings. The second-order valence-electron chi connectivity index (χ2n) is 3.56. The number of ether oxygens (including phenoxy) is 2. The van der Waals surface area contributed by atoms with E-state index in [0.717, 1.165) is 5.69 Å². The highest BCUT2D eigenvalue weighted by Crippen LogP contribution is 2.23. The largest absolute Gasteiger partial charge is 0.389 e. The Labute approximate surface area is 117 Å². The summed E-state index contributed by atoms with van der Waals surface area (Å²) in [7, 11) is 1.64. The van der Waals surface area contributed by atoms with Crippen LogP contribution in [-0.4, -0.2) is 38.5 Å². The topological polar surface area (TPSA) is 56.5 Å². The number of hydrogen-bond acceptors (Lipinski definition) is 4. The minimum absolute atomic E-state index is 0.281. The first-order valence-corrected chi connectivity index (χ1v) is 6.34. The van der Waals surface area contributed by atoms with Crippen LogP contribution in [0.25, 0.3) is 0 Å². The van der Waals surface area contributed by atoms with Gasteiger partial charge in [-0.25, -0.2) is 0 Å². The Balaban J connectivity index is 2.47. The van der Waals surface area contributed by atoms with Crippen LogP contribution in [0.1, 0.15) is 5.56 Å². The summed E-state index contributed by atoms with van der Waals surface area (Å²) in [6, 6.07) is 5.49. The minimum Gasteiger partial charge on any atom is -0.389 e. The summed E-state index contributed by atoms with van der Waals surface area (Å²) in [5.41, 5.74) is 7.14. The molecule has 4 nitrogen and oxygen atoms in total. The van der Waals surface area contributed by atoms with Crippen molar-refractivity contribution >= 4 is 34.5 Å². The fourth-order valence-corrected chi connectivity index (χ4v) is 1.98. The number of halogens is 1. The van der Waals surface area contributed by atoms with Crippen LogP contribution in [-0.2, 0) is 9.47 Å². The fourth-order valence-electron chi connectivity index (χ4n) is 1.42. The molecule has 0 heterocycles. The molecule has 0 aromatic heterocycles. The van der Waals surface area contributed by atoms with E-state index in [1.54, 1.807) is 13.2 Å². The number of benzene rings is 1. The van der Waals surface area contributed by atoms with Gasteiger partial charge in [-0.2, -0.15) is 0 Å². The molecule has 0 saturated heterocycles. The van der Waals surface area contributed by atoms with E-state index in [-0.39, 0.29) is 4.99 Å². The molecule has 0 atom stereocenters. The van der Waals surface area contributed by atoms with Gasteiger partial charge in [0, 0.05) is 19.3 Å². The van der Waals surface area contributed by atoms with E-state index in [4.69, 9.17) is 39.0 Å². The summed E-state index contributed by atoms with van der Waals surface area (Å²) in [4.78, 5) is 0.281. The molecule has 0 amide bonds. The predicted octanol–water partition coefficient (Wildman–Crippen LogP) is 2.05. The molecule has 0 unspecified atom stereocenters. The zero-order valence-corrected chi connectivity index (χ0v) is 11.8. The van der Waals surface area contributed by atoms with Crippen LogP contribution in [0, 0.1) is 0 Å². The highest BCUT2D eigenvalue weighted by atomic mass is 35.5. The molecule has 0 aliphatic rings. The molecular weight excluding hydrogens is 272 g/mol. The third-order valence-corrected chi connectivity index (χ3v) is 2.77. The van der Waals surface area contributed by atoms with Crippen molar-refractivity contribution in [3.8, 4) is 0 Å². The van der Waals surface area contributed by atoms with Crippen LogP contribution in [0.5, 0.6) is 0 Å². The standard InChI is InChI=1S/C12H17ClN2O2S/c1-16-7-8-17-6-5-15-10-4-2-3-9(13)11(10)12(14)18/h2-4,15H,5-8H2,1H3,(H2,14,18). The summed E-state index contributed by atoms with van der Waals surface area (Å²) in [5.74, 6) is 0. The molecule has 1 rings (SSSR count). The van der Waals surface area contributed by atoms with Crippen molar-refractivity contribution in [1.82, 2.24) is 0 Å². The van der Waals surface area contributed by atoms with Gasteiger partial charge in [0.25, 0.3) is 0 Å². The number of nitrogens with one attached hydrogen (secondary N) is 1. The molecule has 0 bridgehead atoms. The van der Waals surface area contributed by atoms with Crippen molar-refractivity contribution in [2.45, 2.75) is 0 Å². The van der Waals surface area contributed by atoms with Gasteiger partial charge in [-0.3, -0.25) is 0 Å². The van der Waals surface area contributed by atoms with E-state index >= 15 is 0 Å². The number of thiocarbonyl (C=S) groups is 1. The fraction of sp³-hybridized carbons (Fsp3) is 0.417. The molecule has 0 fully saturated rings. The van der Waals surface area contributed by atoms with Crippen molar-refractivity contribution in [3.05, 3.63) is 28.8 Å². The maximum atomic E-state index is 6.05. The zero-order valence-electron chi connectivity index (χ0n) is 10.2.